The van der Waals surface area contributed by atoms with E-state index < -0.39 is 0 Å². The number of pyridine rings is 2. The van der Waals surface area contributed by atoms with Crippen LogP contribution in [0.5, 0.6) is 0 Å². The van der Waals surface area contributed by atoms with Crippen LogP contribution in [0.15, 0.2) is 48.8 Å². The number of fused-ring (bicyclic) bond motifs is 1. The number of anilines is 4. The molecule has 4 aliphatic rings. The molecule has 0 atom stereocenters. The fraction of sp³-hybridized carbons (Fsp3) is 0.452. The number of nitrogens with zero attached hydrogens (tertiary/aromatic N) is 5. The van der Waals surface area contributed by atoms with E-state index in [0.717, 1.165) is 98.4 Å². The van der Waals surface area contributed by atoms with Gasteiger partial charge >= 0.3 is 0 Å². The summed E-state index contributed by atoms with van der Waals surface area (Å²) in [7, 11) is 2.16. The Labute approximate surface area is 235 Å². The van der Waals surface area contributed by atoms with Crippen LogP contribution in [0.4, 0.5) is 23.0 Å². The van der Waals surface area contributed by atoms with Crippen LogP contribution in [0, 0.1) is 0 Å². The Morgan fingerprint density at radius 3 is 2.55 bits per heavy atom. The molecular formula is C31H37N7O2. The molecule has 9 nitrogen and oxygen atoms in total. The van der Waals surface area contributed by atoms with Gasteiger partial charge in [-0.25, -0.2) is 9.97 Å². The molecule has 0 saturated carbocycles. The normalized spacial score (nSPS) is 20.6. The Kier molecular flexibility index (Phi) is 6.56. The van der Waals surface area contributed by atoms with Crippen LogP contribution in [0.3, 0.4) is 0 Å². The molecule has 2 aromatic heterocycles. The van der Waals surface area contributed by atoms with E-state index in [-0.39, 0.29) is 11.5 Å². The van der Waals surface area contributed by atoms with E-state index >= 15 is 0 Å². The number of hydrogen-bond acceptors (Lipinski definition) is 8. The SMILES string of the molecule is CN1CCN(c2ccc(Nc3ccc(-c4ccnc(N5CCC6(CCCO6)CC5)c4)c4c3C(=O)NC4)nc2)CC1. The Bertz CT molecular complexity index is 1390. The molecule has 1 spiro atoms. The number of carbonyl (C=O) groups is 1. The van der Waals surface area contributed by atoms with Gasteiger partial charge in [0.1, 0.15) is 11.6 Å². The predicted molar refractivity (Wildman–Crippen MR) is 157 cm³/mol. The molecule has 0 bridgehead atoms. The largest absolute Gasteiger partial charge is 0.375 e. The number of hydrogen-bond donors (Lipinski definition) is 2. The first kappa shape index (κ1) is 25.3. The predicted octanol–water partition coefficient (Wildman–Crippen LogP) is 4.03. The number of carbonyl (C=O) groups excluding carboxylic acids is 1. The number of nitrogens with one attached hydrogen (secondary N) is 2. The van der Waals surface area contributed by atoms with Crippen molar-refractivity contribution in [3.63, 3.8) is 0 Å². The van der Waals surface area contributed by atoms with Gasteiger partial charge in [-0.2, -0.15) is 0 Å². The Morgan fingerprint density at radius 2 is 1.80 bits per heavy atom. The third kappa shape index (κ3) is 4.77. The lowest BCUT2D eigenvalue weighted by atomic mass is 9.88. The molecule has 1 amide bonds. The molecule has 3 saturated heterocycles. The number of likely N-dealkylation sites (N-methyl/N-ethyl adjacent to an activating group) is 1. The van der Waals surface area contributed by atoms with E-state index in [1.165, 1.54) is 12.8 Å². The smallest absolute Gasteiger partial charge is 0.254 e. The van der Waals surface area contributed by atoms with Gasteiger partial charge in [-0.3, -0.25) is 4.79 Å². The van der Waals surface area contributed by atoms with Crippen molar-refractivity contribution in [1.29, 1.82) is 0 Å². The highest BCUT2D eigenvalue weighted by Gasteiger charge is 2.38. The third-order valence-electron chi connectivity index (χ3n) is 9.08. The monoisotopic (exact) mass is 539 g/mol. The minimum Gasteiger partial charge on any atom is -0.375 e. The number of piperidine rings is 1. The molecule has 1 aromatic carbocycles. The number of ether oxygens (including phenoxy) is 1. The van der Waals surface area contributed by atoms with Crippen LogP contribution < -0.4 is 20.4 Å². The summed E-state index contributed by atoms with van der Waals surface area (Å²) in [5, 5.41) is 6.44. The summed E-state index contributed by atoms with van der Waals surface area (Å²) < 4.78 is 6.11. The number of benzene rings is 1. The van der Waals surface area contributed by atoms with Gasteiger partial charge < -0.3 is 30.1 Å². The maximum Gasteiger partial charge on any atom is 0.254 e. The van der Waals surface area contributed by atoms with Gasteiger partial charge in [0.15, 0.2) is 0 Å². The van der Waals surface area contributed by atoms with Crippen molar-refractivity contribution in [1.82, 2.24) is 20.2 Å². The van der Waals surface area contributed by atoms with Gasteiger partial charge in [-0.05, 0) is 79.8 Å². The Morgan fingerprint density at radius 1 is 0.950 bits per heavy atom. The number of rotatable bonds is 5. The van der Waals surface area contributed by atoms with Gasteiger partial charge in [-0.1, -0.05) is 6.07 Å². The van der Waals surface area contributed by atoms with Crippen molar-refractivity contribution in [3.8, 4) is 11.1 Å². The van der Waals surface area contributed by atoms with E-state index in [2.05, 4.69) is 55.6 Å². The summed E-state index contributed by atoms with van der Waals surface area (Å²) in [5.74, 6) is 1.66. The summed E-state index contributed by atoms with van der Waals surface area (Å²) in [4.78, 5) is 29.4. The fourth-order valence-electron chi connectivity index (χ4n) is 6.62. The van der Waals surface area contributed by atoms with E-state index in [4.69, 9.17) is 9.72 Å². The molecule has 2 N–H and O–H groups in total. The summed E-state index contributed by atoms with van der Waals surface area (Å²) in [6, 6.07) is 12.4. The van der Waals surface area contributed by atoms with Crippen LogP contribution >= 0.6 is 0 Å². The maximum atomic E-state index is 13.0. The van der Waals surface area contributed by atoms with Gasteiger partial charge in [0, 0.05) is 58.6 Å². The molecule has 0 aliphatic carbocycles. The molecule has 4 aliphatic heterocycles. The lowest BCUT2D eigenvalue weighted by Gasteiger charge is -2.39. The molecule has 3 fully saturated rings. The third-order valence-corrected chi connectivity index (χ3v) is 9.08. The van der Waals surface area contributed by atoms with Crippen molar-refractivity contribution in [3.05, 3.63) is 59.9 Å². The maximum absolute atomic E-state index is 13.0. The average Bonchev–Trinajstić information content (AvgIpc) is 3.61. The molecule has 0 radical (unpaired) electrons. The average molecular weight is 540 g/mol. The minimum atomic E-state index is -0.0550. The van der Waals surface area contributed by atoms with Gasteiger partial charge in [0.2, 0.25) is 0 Å². The standard InChI is InChI=1S/C31H37N7O2/c1-36-14-16-37(17-15-36)23-3-6-27(33-20-23)35-26-5-4-24(25-21-34-30(39)29(25)26)22-7-11-32-28(19-22)38-12-9-31(10-13-38)8-2-18-40-31/h3-7,11,19-20H,2,8-10,12-18,21H2,1H3,(H,33,35)(H,34,39). The Hall–Kier alpha value is -3.69. The molecule has 40 heavy (non-hydrogen) atoms. The summed E-state index contributed by atoms with van der Waals surface area (Å²) in [6.07, 6.45) is 8.26. The number of piperazine rings is 1. The lowest BCUT2D eigenvalue weighted by molar-refractivity contribution is -0.0147. The first-order chi connectivity index (χ1) is 19.6. The van der Waals surface area contributed by atoms with Crippen molar-refractivity contribution in [2.24, 2.45) is 0 Å². The van der Waals surface area contributed by atoms with E-state index in [0.29, 0.717) is 12.1 Å². The van der Waals surface area contributed by atoms with Crippen molar-refractivity contribution in [2.45, 2.75) is 37.8 Å². The molecular weight excluding hydrogens is 502 g/mol. The molecule has 0 unspecified atom stereocenters. The zero-order valence-electron chi connectivity index (χ0n) is 23.2. The van der Waals surface area contributed by atoms with Crippen LogP contribution in [-0.4, -0.2) is 79.3 Å². The number of aromatic nitrogens is 2. The Balaban J connectivity index is 1.10. The second-order valence-electron chi connectivity index (χ2n) is 11.5. The molecule has 6 heterocycles. The quantitative estimate of drug-likeness (QED) is 0.503. The minimum absolute atomic E-state index is 0.0550. The molecule has 9 heteroatoms. The van der Waals surface area contributed by atoms with Crippen LogP contribution in [0.1, 0.15) is 41.6 Å². The van der Waals surface area contributed by atoms with Gasteiger partial charge in [-0.15, -0.1) is 0 Å². The fourth-order valence-corrected chi connectivity index (χ4v) is 6.62. The van der Waals surface area contributed by atoms with Crippen molar-refractivity contribution >= 4 is 28.9 Å². The van der Waals surface area contributed by atoms with E-state index in [9.17, 15) is 4.79 Å². The number of amides is 1. The van der Waals surface area contributed by atoms with Crippen LogP contribution in [0.25, 0.3) is 11.1 Å². The highest BCUT2D eigenvalue weighted by atomic mass is 16.5. The lowest BCUT2D eigenvalue weighted by Crippen LogP contribution is -2.44. The molecule has 3 aromatic rings. The first-order valence-electron chi connectivity index (χ1n) is 14.5. The second-order valence-corrected chi connectivity index (χ2v) is 11.5. The topological polar surface area (TPSA) is 85.9 Å². The van der Waals surface area contributed by atoms with Crippen LogP contribution in [0.2, 0.25) is 0 Å². The zero-order chi connectivity index (χ0) is 27.1. The molecule has 208 valence electrons. The zero-order valence-corrected chi connectivity index (χ0v) is 23.2. The first-order valence-corrected chi connectivity index (χ1v) is 14.5. The van der Waals surface area contributed by atoms with E-state index in [1.807, 2.05) is 30.6 Å². The van der Waals surface area contributed by atoms with Crippen molar-refractivity contribution < 1.29 is 9.53 Å². The summed E-state index contributed by atoms with van der Waals surface area (Å²) in [5.41, 5.74) is 5.84. The molecule has 7 rings (SSSR count). The highest BCUT2D eigenvalue weighted by Crippen LogP contribution is 2.39. The summed E-state index contributed by atoms with van der Waals surface area (Å²) >= 11 is 0. The van der Waals surface area contributed by atoms with Crippen LogP contribution in [-0.2, 0) is 11.3 Å². The van der Waals surface area contributed by atoms with Gasteiger partial charge in [0.25, 0.3) is 5.91 Å². The second kappa shape index (κ2) is 10.4. The van der Waals surface area contributed by atoms with Crippen molar-refractivity contribution in [2.75, 3.05) is 68.0 Å². The van der Waals surface area contributed by atoms with E-state index in [1.54, 1.807) is 0 Å². The summed E-state index contributed by atoms with van der Waals surface area (Å²) in [6.45, 7) is 7.44. The highest BCUT2D eigenvalue weighted by molar-refractivity contribution is 6.06. The van der Waals surface area contributed by atoms with Gasteiger partial charge in [0.05, 0.1) is 28.7 Å².